The van der Waals surface area contributed by atoms with E-state index in [1.54, 1.807) is 0 Å². The number of nitrogens with zero attached hydrogens (tertiary/aromatic N) is 4. The second-order valence-electron chi connectivity index (χ2n) is 7.35. The van der Waals surface area contributed by atoms with E-state index in [0.717, 1.165) is 17.7 Å². The lowest BCUT2D eigenvalue weighted by Gasteiger charge is -2.56. The summed E-state index contributed by atoms with van der Waals surface area (Å²) in [5.74, 6) is 0.0637. The van der Waals surface area contributed by atoms with Crippen molar-refractivity contribution in [2.45, 2.75) is 38.8 Å². The zero-order valence-electron chi connectivity index (χ0n) is 15.7. The van der Waals surface area contributed by atoms with Crippen molar-refractivity contribution in [1.82, 2.24) is 14.9 Å². The van der Waals surface area contributed by atoms with E-state index in [0.29, 0.717) is 37.6 Å². The van der Waals surface area contributed by atoms with E-state index < -0.39 is 0 Å². The summed E-state index contributed by atoms with van der Waals surface area (Å²) >= 11 is 0. The molecule has 1 aromatic heterocycles. The molecule has 2 unspecified atom stereocenters. The molecule has 7 heteroatoms. The topological polar surface area (TPSA) is 61.4 Å². The van der Waals surface area contributed by atoms with Crippen molar-refractivity contribution >= 4 is 17.4 Å². The molecule has 3 aliphatic rings. The highest BCUT2D eigenvalue weighted by Crippen LogP contribution is 2.34. The molecule has 27 heavy (non-hydrogen) atoms. The summed E-state index contributed by atoms with van der Waals surface area (Å²) in [6.07, 6.45) is 3.03. The first-order valence-corrected chi connectivity index (χ1v) is 9.41. The molecule has 0 aliphatic carbocycles. The van der Waals surface area contributed by atoms with Gasteiger partial charge in [-0.05, 0) is 31.9 Å². The van der Waals surface area contributed by atoms with Crippen LogP contribution in [0.3, 0.4) is 0 Å². The molecule has 1 aromatic carbocycles. The molecule has 0 radical (unpaired) electrons. The number of hydrogen-bond acceptors (Lipinski definition) is 5. The molecular formula is C20H24FN5O. The largest absolute Gasteiger partial charge is 0.351 e. The molecule has 5 rings (SSSR count). The average molecular weight is 369 g/mol. The normalized spacial score (nSPS) is 21.7. The fraction of sp³-hybridized carbons (Fsp3) is 0.450. The van der Waals surface area contributed by atoms with Crippen LogP contribution in [0.5, 0.6) is 0 Å². The quantitative estimate of drug-likeness (QED) is 0.877. The van der Waals surface area contributed by atoms with Gasteiger partial charge < -0.3 is 10.2 Å². The summed E-state index contributed by atoms with van der Waals surface area (Å²) in [4.78, 5) is 24.7. The van der Waals surface area contributed by atoms with Crippen LogP contribution >= 0.6 is 0 Å². The number of nitrogens with one attached hydrogen (secondary N) is 1. The second kappa shape index (κ2) is 7.23. The SMILES string of the molecule is CCc1ncnc(N2CC3CC(C2)N3CC(=O)Nc2ccc(C)cc2)c1F. The zero-order chi connectivity index (χ0) is 19.0. The minimum atomic E-state index is -0.315. The third-order valence-electron chi connectivity index (χ3n) is 5.48. The van der Waals surface area contributed by atoms with Gasteiger partial charge in [-0.25, -0.2) is 14.4 Å². The molecule has 3 saturated heterocycles. The molecule has 3 aliphatic heterocycles. The van der Waals surface area contributed by atoms with E-state index in [-0.39, 0.29) is 23.8 Å². The van der Waals surface area contributed by atoms with Crippen LogP contribution in [0.4, 0.5) is 15.9 Å². The number of anilines is 2. The standard InChI is InChI=1S/C20H24FN5O/c1-3-17-19(21)20(23-12-22-17)25-9-15-8-16(10-25)26(15)11-18(27)24-14-6-4-13(2)5-7-14/h4-7,12,15-16H,3,8-11H2,1-2H3,(H,24,27). The van der Waals surface area contributed by atoms with Crippen molar-refractivity contribution in [3.8, 4) is 0 Å². The predicted octanol–water partition coefficient (Wildman–Crippen LogP) is 2.39. The van der Waals surface area contributed by atoms with Crippen molar-refractivity contribution in [2.75, 3.05) is 29.9 Å². The van der Waals surface area contributed by atoms with Crippen LogP contribution in [0.1, 0.15) is 24.6 Å². The summed E-state index contributed by atoms with van der Waals surface area (Å²) in [5.41, 5.74) is 2.43. The Kier molecular flexibility index (Phi) is 4.78. The number of piperazine rings is 1. The maximum absolute atomic E-state index is 14.5. The zero-order valence-corrected chi connectivity index (χ0v) is 15.7. The van der Waals surface area contributed by atoms with Gasteiger partial charge in [-0.1, -0.05) is 24.6 Å². The van der Waals surface area contributed by atoms with E-state index in [1.165, 1.54) is 6.33 Å². The van der Waals surface area contributed by atoms with Gasteiger partial charge in [0, 0.05) is 30.9 Å². The third-order valence-corrected chi connectivity index (χ3v) is 5.48. The summed E-state index contributed by atoms with van der Waals surface area (Å²) in [5, 5.41) is 2.95. The van der Waals surface area contributed by atoms with Gasteiger partial charge in [-0.2, -0.15) is 0 Å². The highest BCUT2D eigenvalue weighted by Gasteiger charge is 2.46. The van der Waals surface area contributed by atoms with Gasteiger partial charge in [0.2, 0.25) is 5.91 Å². The van der Waals surface area contributed by atoms with Crippen LogP contribution in [0.2, 0.25) is 0 Å². The van der Waals surface area contributed by atoms with Gasteiger partial charge in [0.15, 0.2) is 11.6 Å². The Labute approximate surface area is 158 Å². The predicted molar refractivity (Wildman–Crippen MR) is 102 cm³/mol. The minimum Gasteiger partial charge on any atom is -0.351 e. The molecule has 2 bridgehead atoms. The van der Waals surface area contributed by atoms with Gasteiger partial charge in [0.25, 0.3) is 0 Å². The number of aromatic nitrogens is 2. The van der Waals surface area contributed by atoms with Crippen LogP contribution < -0.4 is 10.2 Å². The number of fused-ring (bicyclic) bond motifs is 2. The molecule has 0 spiro atoms. The molecule has 1 amide bonds. The van der Waals surface area contributed by atoms with E-state index in [2.05, 4.69) is 20.2 Å². The van der Waals surface area contributed by atoms with Crippen LogP contribution in [0.25, 0.3) is 0 Å². The first-order valence-electron chi connectivity index (χ1n) is 9.41. The highest BCUT2D eigenvalue weighted by molar-refractivity contribution is 5.92. The van der Waals surface area contributed by atoms with Gasteiger partial charge >= 0.3 is 0 Å². The summed E-state index contributed by atoms with van der Waals surface area (Å²) < 4.78 is 14.5. The Morgan fingerprint density at radius 1 is 1.22 bits per heavy atom. The molecule has 2 atom stereocenters. The summed E-state index contributed by atoms with van der Waals surface area (Å²) in [6.45, 7) is 5.64. The number of aryl methyl sites for hydroxylation is 2. The molecule has 6 nitrogen and oxygen atoms in total. The Morgan fingerprint density at radius 3 is 2.59 bits per heavy atom. The fourth-order valence-electron chi connectivity index (χ4n) is 3.98. The monoisotopic (exact) mass is 369 g/mol. The molecule has 1 N–H and O–H groups in total. The first kappa shape index (κ1) is 17.9. The van der Waals surface area contributed by atoms with Crippen LogP contribution in [0, 0.1) is 12.7 Å². The van der Waals surface area contributed by atoms with Crippen LogP contribution in [-0.2, 0) is 11.2 Å². The van der Waals surface area contributed by atoms with Crippen molar-refractivity contribution in [3.05, 3.63) is 47.7 Å². The second-order valence-corrected chi connectivity index (χ2v) is 7.35. The summed E-state index contributed by atoms with van der Waals surface area (Å²) in [6, 6.07) is 8.29. The molecule has 4 heterocycles. The number of benzene rings is 1. The number of carbonyl (C=O) groups excluding carboxylic acids is 1. The van der Waals surface area contributed by atoms with Crippen molar-refractivity contribution in [2.24, 2.45) is 0 Å². The maximum Gasteiger partial charge on any atom is 0.238 e. The first-order chi connectivity index (χ1) is 13.0. The number of piperidine rings is 1. The van der Waals surface area contributed by atoms with Crippen LogP contribution in [0.15, 0.2) is 30.6 Å². The number of amides is 1. The minimum absolute atomic E-state index is 0.0107. The number of rotatable bonds is 5. The molecular weight excluding hydrogens is 345 g/mol. The lowest BCUT2D eigenvalue weighted by Crippen LogP contribution is -2.70. The van der Waals surface area contributed by atoms with E-state index in [1.807, 2.05) is 43.0 Å². The van der Waals surface area contributed by atoms with Gasteiger partial charge in [-0.3, -0.25) is 9.69 Å². The lowest BCUT2D eigenvalue weighted by molar-refractivity contribution is -0.121. The Bertz CT molecular complexity index is 829. The van der Waals surface area contributed by atoms with E-state index >= 15 is 0 Å². The van der Waals surface area contributed by atoms with Gasteiger partial charge in [-0.15, -0.1) is 0 Å². The summed E-state index contributed by atoms with van der Waals surface area (Å²) in [7, 11) is 0. The lowest BCUT2D eigenvalue weighted by atomic mass is 9.87. The van der Waals surface area contributed by atoms with Gasteiger partial charge in [0.1, 0.15) is 6.33 Å². The number of carbonyl (C=O) groups is 1. The van der Waals surface area contributed by atoms with E-state index in [9.17, 15) is 9.18 Å². The van der Waals surface area contributed by atoms with E-state index in [4.69, 9.17) is 0 Å². The smallest absolute Gasteiger partial charge is 0.238 e. The van der Waals surface area contributed by atoms with Crippen molar-refractivity contribution in [3.63, 3.8) is 0 Å². The molecule has 3 fully saturated rings. The van der Waals surface area contributed by atoms with Crippen molar-refractivity contribution < 1.29 is 9.18 Å². The molecule has 2 aromatic rings. The Morgan fingerprint density at radius 2 is 1.93 bits per heavy atom. The third kappa shape index (κ3) is 3.51. The molecule has 142 valence electrons. The fourth-order valence-corrected chi connectivity index (χ4v) is 3.98. The Hall–Kier alpha value is -2.54. The van der Waals surface area contributed by atoms with Crippen LogP contribution in [-0.4, -0.2) is 52.5 Å². The van der Waals surface area contributed by atoms with Gasteiger partial charge in [0.05, 0.1) is 12.2 Å². The Balaban J connectivity index is 1.36. The van der Waals surface area contributed by atoms with Crippen molar-refractivity contribution in [1.29, 1.82) is 0 Å². The maximum atomic E-state index is 14.5. The highest BCUT2D eigenvalue weighted by atomic mass is 19.1. The number of halogens is 1. The molecule has 0 saturated carbocycles. The number of hydrogen-bond donors (Lipinski definition) is 1. The average Bonchev–Trinajstić information content (AvgIpc) is 2.68.